The van der Waals surface area contributed by atoms with E-state index in [1.54, 1.807) is 36.4 Å². The number of aliphatic hydroxyl groups is 1. The number of aryl methyl sites for hydroxylation is 1. The Balaban J connectivity index is 2.05. The Morgan fingerprint density at radius 3 is 2.50 bits per heavy atom. The molecule has 0 aliphatic carbocycles. The van der Waals surface area contributed by atoms with Crippen molar-refractivity contribution in [3.63, 3.8) is 0 Å². The van der Waals surface area contributed by atoms with Gasteiger partial charge in [-0.1, -0.05) is 51.1 Å². The van der Waals surface area contributed by atoms with E-state index in [1.807, 2.05) is 19.1 Å². The quantitative estimate of drug-likeness (QED) is 0.715. The molecule has 148 valence electrons. The molecule has 0 radical (unpaired) electrons. The van der Waals surface area contributed by atoms with Crippen molar-refractivity contribution in [1.29, 1.82) is 0 Å². The lowest BCUT2D eigenvalue weighted by Crippen LogP contribution is -2.62. The lowest BCUT2D eigenvalue weighted by molar-refractivity contribution is -0.140. The number of amides is 3. The molecule has 0 aromatic heterocycles. The van der Waals surface area contributed by atoms with Crippen molar-refractivity contribution in [2.45, 2.75) is 39.3 Å². The molecule has 0 saturated carbocycles. The first kappa shape index (κ1) is 19.9. The van der Waals surface area contributed by atoms with Gasteiger partial charge in [-0.3, -0.25) is 9.69 Å². The Labute approximate surface area is 165 Å². The summed E-state index contributed by atoms with van der Waals surface area (Å²) in [7, 11) is 0. The van der Waals surface area contributed by atoms with Crippen LogP contribution >= 0.6 is 0 Å². The Kier molecular flexibility index (Phi) is 5.70. The van der Waals surface area contributed by atoms with Crippen molar-refractivity contribution >= 4 is 23.3 Å². The minimum absolute atomic E-state index is 0.344. The Morgan fingerprint density at radius 2 is 1.86 bits per heavy atom. The summed E-state index contributed by atoms with van der Waals surface area (Å²) < 4.78 is 0. The van der Waals surface area contributed by atoms with E-state index in [4.69, 9.17) is 0 Å². The predicted molar refractivity (Wildman–Crippen MR) is 110 cm³/mol. The van der Waals surface area contributed by atoms with Crippen LogP contribution < -0.4 is 15.5 Å². The van der Waals surface area contributed by atoms with Crippen LogP contribution in [0.15, 0.2) is 48.5 Å². The third-order valence-corrected chi connectivity index (χ3v) is 5.00. The summed E-state index contributed by atoms with van der Waals surface area (Å²) in [6, 6.07) is 13.5. The molecule has 2 aromatic carbocycles. The molecule has 0 unspecified atom stereocenters. The average Bonchev–Trinajstić information content (AvgIpc) is 2.68. The van der Waals surface area contributed by atoms with E-state index in [2.05, 4.69) is 24.5 Å². The molecule has 6 heteroatoms. The zero-order chi connectivity index (χ0) is 20.3. The monoisotopic (exact) mass is 381 g/mol. The molecule has 6 nitrogen and oxygen atoms in total. The summed E-state index contributed by atoms with van der Waals surface area (Å²) in [6.07, 6.45) is 1.64. The first-order valence-corrected chi connectivity index (χ1v) is 9.68. The lowest BCUT2D eigenvalue weighted by Gasteiger charge is -2.42. The van der Waals surface area contributed by atoms with Crippen LogP contribution in [-0.2, 0) is 16.9 Å². The number of anilines is 2. The number of hydrogen-bond acceptors (Lipinski definition) is 3. The first-order valence-electron chi connectivity index (χ1n) is 9.68. The Morgan fingerprint density at radius 1 is 1.18 bits per heavy atom. The third kappa shape index (κ3) is 3.60. The number of carbonyl (C=O) groups is 2. The average molecular weight is 381 g/mol. The third-order valence-electron chi connectivity index (χ3n) is 5.00. The first-order chi connectivity index (χ1) is 13.4. The van der Waals surface area contributed by atoms with Gasteiger partial charge in [-0.15, -0.1) is 0 Å². The number of hydrogen-bond donors (Lipinski definition) is 3. The van der Waals surface area contributed by atoms with Crippen LogP contribution in [0.25, 0.3) is 0 Å². The van der Waals surface area contributed by atoms with Gasteiger partial charge in [0, 0.05) is 17.8 Å². The predicted octanol–water partition coefficient (Wildman–Crippen LogP) is 3.61. The summed E-state index contributed by atoms with van der Waals surface area (Å²) in [5, 5.41) is 17.2. The molecule has 2 aromatic rings. The largest absolute Gasteiger partial charge is 0.359 e. The second kappa shape index (κ2) is 8.02. The van der Waals surface area contributed by atoms with E-state index >= 15 is 0 Å². The van der Waals surface area contributed by atoms with Crippen molar-refractivity contribution in [3.8, 4) is 0 Å². The van der Waals surface area contributed by atoms with Crippen molar-refractivity contribution in [2.75, 3.05) is 16.8 Å². The van der Waals surface area contributed by atoms with Crippen molar-refractivity contribution in [1.82, 2.24) is 5.32 Å². The zero-order valence-corrected chi connectivity index (χ0v) is 16.5. The molecule has 3 N–H and O–H groups in total. The van der Waals surface area contributed by atoms with Gasteiger partial charge < -0.3 is 15.7 Å². The summed E-state index contributed by atoms with van der Waals surface area (Å²) in [6.45, 7) is 6.58. The highest BCUT2D eigenvalue weighted by Crippen LogP contribution is 2.39. The standard InChI is InChI=1S/C22H27N3O3/c1-4-16-9-11-17(12-10-16)25-21(27)24-19-8-6-5-7-18(19)22(25,28)20(26)23-14-13-15(2)3/h5-12,15,28H,4,13-14H2,1-3H3,(H,23,26)(H,24,27)/t22-/m0/s1. The van der Waals surface area contributed by atoms with Crippen LogP contribution in [0.3, 0.4) is 0 Å². The molecule has 1 aliphatic rings. The lowest BCUT2D eigenvalue weighted by atomic mass is 9.94. The minimum Gasteiger partial charge on any atom is -0.359 e. The molecule has 3 rings (SSSR count). The molecule has 1 heterocycles. The molecule has 0 spiro atoms. The molecule has 0 fully saturated rings. The maximum atomic E-state index is 13.1. The van der Waals surface area contributed by atoms with E-state index in [1.165, 1.54) is 0 Å². The molecule has 28 heavy (non-hydrogen) atoms. The van der Waals surface area contributed by atoms with Crippen molar-refractivity contribution in [2.24, 2.45) is 5.92 Å². The fraction of sp³-hybridized carbons (Fsp3) is 0.364. The number of rotatable bonds is 6. The number of nitrogens with one attached hydrogen (secondary N) is 2. The van der Waals surface area contributed by atoms with Gasteiger partial charge in [-0.2, -0.15) is 0 Å². The van der Waals surface area contributed by atoms with Crippen LogP contribution in [0.1, 0.15) is 38.3 Å². The summed E-state index contributed by atoms with van der Waals surface area (Å²) in [5.41, 5.74) is 0.188. The van der Waals surface area contributed by atoms with Gasteiger partial charge >= 0.3 is 6.03 Å². The van der Waals surface area contributed by atoms with Gasteiger partial charge in [0.05, 0.1) is 5.69 Å². The van der Waals surface area contributed by atoms with E-state index in [9.17, 15) is 14.7 Å². The number of para-hydroxylation sites is 1. The maximum absolute atomic E-state index is 13.1. The van der Waals surface area contributed by atoms with Crippen LogP contribution in [0, 0.1) is 5.92 Å². The SMILES string of the molecule is CCc1ccc(N2C(=O)Nc3ccccc3[C@]2(O)C(=O)NCCC(C)C)cc1. The minimum atomic E-state index is -2.14. The molecule has 1 atom stereocenters. The molecule has 0 bridgehead atoms. The van der Waals surface area contributed by atoms with Crippen molar-refractivity contribution < 1.29 is 14.7 Å². The summed E-state index contributed by atoms with van der Waals surface area (Å²) in [4.78, 5) is 27.1. The van der Waals surface area contributed by atoms with Crippen LogP contribution in [0.4, 0.5) is 16.2 Å². The van der Waals surface area contributed by atoms with Crippen LogP contribution in [0.2, 0.25) is 0 Å². The molecular weight excluding hydrogens is 354 g/mol. The van der Waals surface area contributed by atoms with E-state index in [-0.39, 0.29) is 0 Å². The number of nitrogens with zero attached hydrogens (tertiary/aromatic N) is 1. The maximum Gasteiger partial charge on any atom is 0.329 e. The second-order valence-electron chi connectivity index (χ2n) is 7.44. The zero-order valence-electron chi connectivity index (χ0n) is 16.5. The van der Waals surface area contributed by atoms with E-state index < -0.39 is 17.7 Å². The van der Waals surface area contributed by atoms with Gasteiger partial charge in [0.15, 0.2) is 0 Å². The van der Waals surface area contributed by atoms with Gasteiger partial charge in [0.25, 0.3) is 11.6 Å². The fourth-order valence-corrected chi connectivity index (χ4v) is 3.34. The number of carbonyl (C=O) groups excluding carboxylic acids is 2. The van der Waals surface area contributed by atoms with Gasteiger partial charge in [-0.25, -0.2) is 4.79 Å². The van der Waals surface area contributed by atoms with Gasteiger partial charge in [0.1, 0.15) is 0 Å². The summed E-state index contributed by atoms with van der Waals surface area (Å²) >= 11 is 0. The van der Waals surface area contributed by atoms with Crippen LogP contribution in [-0.4, -0.2) is 23.6 Å². The highest BCUT2D eigenvalue weighted by molar-refractivity contribution is 6.11. The Hall–Kier alpha value is -2.86. The fourth-order valence-electron chi connectivity index (χ4n) is 3.34. The van der Waals surface area contributed by atoms with Crippen LogP contribution in [0.5, 0.6) is 0 Å². The van der Waals surface area contributed by atoms with E-state index in [0.29, 0.717) is 29.4 Å². The van der Waals surface area contributed by atoms with Crippen molar-refractivity contribution in [3.05, 3.63) is 59.7 Å². The second-order valence-corrected chi connectivity index (χ2v) is 7.44. The number of benzene rings is 2. The number of fused-ring (bicyclic) bond motifs is 1. The topological polar surface area (TPSA) is 81.7 Å². The molecule has 1 aliphatic heterocycles. The van der Waals surface area contributed by atoms with Gasteiger partial charge in [-0.05, 0) is 42.5 Å². The smallest absolute Gasteiger partial charge is 0.329 e. The highest BCUT2D eigenvalue weighted by atomic mass is 16.3. The molecule has 3 amide bonds. The summed E-state index contributed by atoms with van der Waals surface area (Å²) in [5.74, 6) is -0.204. The Bertz CT molecular complexity index is 864. The number of urea groups is 1. The molecular formula is C22H27N3O3. The van der Waals surface area contributed by atoms with E-state index in [0.717, 1.165) is 23.3 Å². The van der Waals surface area contributed by atoms with Gasteiger partial charge in [0.2, 0.25) is 0 Å². The highest BCUT2D eigenvalue weighted by Gasteiger charge is 2.51. The molecule has 0 saturated heterocycles. The normalized spacial score (nSPS) is 18.6.